The molecule has 0 fully saturated rings. The Balaban J connectivity index is 2.24. The predicted octanol–water partition coefficient (Wildman–Crippen LogP) is 3.11. The number of carbonyl (C=O) groups excluding carboxylic acids is 2. The number of amides is 2. The number of benzene rings is 2. The minimum atomic E-state index is -0.696. The first-order chi connectivity index (χ1) is 11.9. The van der Waals surface area contributed by atoms with E-state index in [4.69, 9.17) is 26.8 Å². The molecule has 3 N–H and O–H groups in total. The summed E-state index contributed by atoms with van der Waals surface area (Å²) >= 11 is 5.81. The van der Waals surface area contributed by atoms with Gasteiger partial charge in [-0.15, -0.1) is 0 Å². The van der Waals surface area contributed by atoms with Crippen LogP contribution in [0.1, 0.15) is 15.9 Å². The fourth-order valence-electron chi connectivity index (χ4n) is 2.11. The van der Waals surface area contributed by atoms with Gasteiger partial charge in [0.15, 0.2) is 11.5 Å². The van der Waals surface area contributed by atoms with E-state index in [0.29, 0.717) is 16.5 Å². The highest BCUT2D eigenvalue weighted by molar-refractivity contribution is 6.30. The number of hydrogen-bond acceptors (Lipinski definition) is 4. The highest BCUT2D eigenvalue weighted by Crippen LogP contribution is 2.33. The SMILES string of the molecule is COc1cc(NC(=O)C=Cc2ccc(Cl)cc2)c(C(N)=O)cc1OC. The lowest BCUT2D eigenvalue weighted by atomic mass is 10.1. The first-order valence-corrected chi connectivity index (χ1v) is 7.63. The van der Waals surface area contributed by atoms with Crippen LogP contribution in [0.4, 0.5) is 5.69 Å². The van der Waals surface area contributed by atoms with Crippen molar-refractivity contribution < 1.29 is 19.1 Å². The van der Waals surface area contributed by atoms with Gasteiger partial charge in [-0.1, -0.05) is 23.7 Å². The molecule has 0 atom stereocenters. The van der Waals surface area contributed by atoms with Crippen LogP contribution in [0.3, 0.4) is 0 Å². The van der Waals surface area contributed by atoms with Crippen molar-refractivity contribution in [3.05, 3.63) is 58.6 Å². The van der Waals surface area contributed by atoms with Crippen LogP contribution in [0.2, 0.25) is 5.02 Å². The molecule has 0 unspecified atom stereocenters. The second-order valence-corrected chi connectivity index (χ2v) is 5.43. The quantitative estimate of drug-likeness (QED) is 0.774. The van der Waals surface area contributed by atoms with E-state index in [1.807, 2.05) is 0 Å². The van der Waals surface area contributed by atoms with Crippen molar-refractivity contribution in [3.63, 3.8) is 0 Å². The van der Waals surface area contributed by atoms with Crippen LogP contribution in [-0.2, 0) is 4.79 Å². The number of halogens is 1. The highest BCUT2D eigenvalue weighted by atomic mass is 35.5. The monoisotopic (exact) mass is 360 g/mol. The second-order valence-electron chi connectivity index (χ2n) is 4.99. The molecule has 25 heavy (non-hydrogen) atoms. The summed E-state index contributed by atoms with van der Waals surface area (Å²) in [6.07, 6.45) is 2.96. The van der Waals surface area contributed by atoms with Gasteiger partial charge < -0.3 is 20.5 Å². The number of carbonyl (C=O) groups is 2. The lowest BCUT2D eigenvalue weighted by Crippen LogP contribution is -2.17. The molecule has 0 radical (unpaired) electrons. The largest absolute Gasteiger partial charge is 0.493 e. The van der Waals surface area contributed by atoms with E-state index in [-0.39, 0.29) is 11.3 Å². The molecule has 0 saturated heterocycles. The molecule has 0 aliphatic rings. The van der Waals surface area contributed by atoms with E-state index in [2.05, 4.69) is 5.32 Å². The summed E-state index contributed by atoms with van der Waals surface area (Å²) in [5.41, 5.74) is 6.52. The lowest BCUT2D eigenvalue weighted by molar-refractivity contribution is -0.111. The Kier molecular flexibility index (Phi) is 6.03. The molecule has 2 rings (SSSR count). The van der Waals surface area contributed by atoms with Crippen LogP contribution in [0.25, 0.3) is 6.08 Å². The third-order valence-electron chi connectivity index (χ3n) is 3.34. The number of ether oxygens (including phenoxy) is 2. The molecule has 2 amide bonds. The fourth-order valence-corrected chi connectivity index (χ4v) is 2.23. The number of nitrogens with one attached hydrogen (secondary N) is 1. The smallest absolute Gasteiger partial charge is 0.250 e. The van der Waals surface area contributed by atoms with Crippen molar-refractivity contribution in [2.45, 2.75) is 0 Å². The van der Waals surface area contributed by atoms with E-state index in [1.165, 1.54) is 32.4 Å². The lowest BCUT2D eigenvalue weighted by Gasteiger charge is -2.13. The number of methoxy groups -OCH3 is 2. The summed E-state index contributed by atoms with van der Waals surface area (Å²) in [5.74, 6) is -0.418. The number of nitrogens with two attached hydrogens (primary N) is 1. The van der Waals surface area contributed by atoms with Crippen molar-refractivity contribution in [2.24, 2.45) is 5.73 Å². The summed E-state index contributed by atoms with van der Waals surface area (Å²) in [4.78, 5) is 23.8. The van der Waals surface area contributed by atoms with Gasteiger partial charge in [0.2, 0.25) is 5.91 Å². The van der Waals surface area contributed by atoms with Crippen LogP contribution in [-0.4, -0.2) is 26.0 Å². The molecule has 0 aliphatic heterocycles. The zero-order valence-corrected chi connectivity index (χ0v) is 14.5. The molecule has 0 bridgehead atoms. The van der Waals surface area contributed by atoms with Crippen LogP contribution in [0.15, 0.2) is 42.5 Å². The van der Waals surface area contributed by atoms with Gasteiger partial charge in [-0.2, -0.15) is 0 Å². The van der Waals surface area contributed by atoms with Gasteiger partial charge in [-0.05, 0) is 29.8 Å². The second kappa shape index (κ2) is 8.21. The minimum Gasteiger partial charge on any atom is -0.493 e. The molecule has 0 aliphatic carbocycles. The third kappa shape index (κ3) is 4.74. The van der Waals surface area contributed by atoms with Crippen molar-refractivity contribution >= 4 is 35.2 Å². The van der Waals surface area contributed by atoms with E-state index < -0.39 is 11.8 Å². The molecule has 7 heteroatoms. The maximum absolute atomic E-state index is 12.1. The maximum Gasteiger partial charge on any atom is 0.250 e. The molecule has 0 aromatic heterocycles. The molecule has 130 valence electrons. The van der Waals surface area contributed by atoms with Crippen molar-refractivity contribution in [1.82, 2.24) is 0 Å². The Bertz CT molecular complexity index is 817. The van der Waals surface area contributed by atoms with Gasteiger partial charge in [0.1, 0.15) is 0 Å². The van der Waals surface area contributed by atoms with Crippen LogP contribution >= 0.6 is 11.6 Å². The van der Waals surface area contributed by atoms with Crippen LogP contribution < -0.4 is 20.5 Å². The molecule has 2 aromatic carbocycles. The Labute approximate surface area is 150 Å². The first kappa shape index (κ1) is 18.4. The number of rotatable bonds is 6. The van der Waals surface area contributed by atoms with Gasteiger partial charge in [0, 0.05) is 17.2 Å². The van der Waals surface area contributed by atoms with E-state index in [1.54, 1.807) is 30.3 Å². The average Bonchev–Trinajstić information content (AvgIpc) is 2.60. The maximum atomic E-state index is 12.1. The van der Waals surface area contributed by atoms with Gasteiger partial charge in [-0.3, -0.25) is 9.59 Å². The Hall–Kier alpha value is -2.99. The van der Waals surface area contributed by atoms with E-state index >= 15 is 0 Å². The highest BCUT2D eigenvalue weighted by Gasteiger charge is 2.16. The normalized spacial score (nSPS) is 10.5. The molecule has 6 nitrogen and oxygen atoms in total. The topological polar surface area (TPSA) is 90.6 Å². The summed E-state index contributed by atoms with van der Waals surface area (Å²) in [5, 5.41) is 3.22. The van der Waals surface area contributed by atoms with Gasteiger partial charge in [0.25, 0.3) is 5.91 Å². The van der Waals surface area contributed by atoms with Crippen molar-refractivity contribution in [2.75, 3.05) is 19.5 Å². The third-order valence-corrected chi connectivity index (χ3v) is 3.60. The minimum absolute atomic E-state index is 0.117. The zero-order chi connectivity index (χ0) is 18.4. The summed E-state index contributed by atoms with van der Waals surface area (Å²) < 4.78 is 10.3. The fraction of sp³-hybridized carbons (Fsp3) is 0.111. The van der Waals surface area contributed by atoms with E-state index in [0.717, 1.165) is 5.56 Å². The molecular formula is C18H17ClN2O4. The van der Waals surface area contributed by atoms with Gasteiger partial charge in [0.05, 0.1) is 25.5 Å². The average molecular weight is 361 g/mol. The first-order valence-electron chi connectivity index (χ1n) is 7.25. The molecule has 0 spiro atoms. The van der Waals surface area contributed by atoms with Crippen molar-refractivity contribution in [3.8, 4) is 11.5 Å². The summed E-state index contributed by atoms with van der Waals surface area (Å²) in [6, 6.07) is 9.89. The standard InChI is InChI=1S/C18H17ClN2O4/c1-24-15-9-13(18(20)23)14(10-16(15)25-2)21-17(22)8-5-11-3-6-12(19)7-4-11/h3-10H,1-2H3,(H2,20,23)(H,21,22). The Morgan fingerprint density at radius 1 is 1.08 bits per heavy atom. The number of primary amides is 1. The molecular weight excluding hydrogens is 344 g/mol. The predicted molar refractivity (Wildman–Crippen MR) is 97.2 cm³/mol. The molecule has 2 aromatic rings. The number of hydrogen-bond donors (Lipinski definition) is 2. The van der Waals surface area contributed by atoms with Crippen molar-refractivity contribution in [1.29, 1.82) is 0 Å². The van der Waals surface area contributed by atoms with Gasteiger partial charge >= 0.3 is 0 Å². The molecule has 0 heterocycles. The number of anilines is 1. The Morgan fingerprint density at radius 2 is 1.68 bits per heavy atom. The summed E-state index contributed by atoms with van der Waals surface area (Å²) in [7, 11) is 2.89. The summed E-state index contributed by atoms with van der Waals surface area (Å²) in [6.45, 7) is 0. The zero-order valence-electron chi connectivity index (χ0n) is 13.7. The van der Waals surface area contributed by atoms with E-state index in [9.17, 15) is 9.59 Å². The van der Waals surface area contributed by atoms with Crippen LogP contribution in [0.5, 0.6) is 11.5 Å². The molecule has 0 saturated carbocycles. The van der Waals surface area contributed by atoms with Crippen LogP contribution in [0, 0.1) is 0 Å². The Morgan fingerprint density at radius 3 is 2.24 bits per heavy atom. The van der Waals surface area contributed by atoms with Gasteiger partial charge in [-0.25, -0.2) is 0 Å².